The van der Waals surface area contributed by atoms with E-state index in [4.69, 9.17) is 43.5 Å². The van der Waals surface area contributed by atoms with Gasteiger partial charge in [-0.05, 0) is 94.7 Å². The second kappa shape index (κ2) is 27.3. The molecule has 5 heterocycles. The summed E-state index contributed by atoms with van der Waals surface area (Å²) in [5, 5.41) is 48.1. The van der Waals surface area contributed by atoms with Crippen LogP contribution < -0.4 is 34.1 Å². The highest BCUT2D eigenvalue weighted by molar-refractivity contribution is 9.10. The number of hydrogen-bond acceptors (Lipinski definition) is 18. The third kappa shape index (κ3) is 17.8. The summed E-state index contributed by atoms with van der Waals surface area (Å²) in [6, 6.07) is 18.4. The Morgan fingerprint density at radius 1 is 0.623 bits per heavy atom. The van der Waals surface area contributed by atoms with Gasteiger partial charge in [0.05, 0.1) is 42.9 Å². The van der Waals surface area contributed by atoms with E-state index in [1.54, 1.807) is 24.4 Å². The first-order valence-electron chi connectivity index (χ1n) is 19.7. The molecule has 1 fully saturated rings. The van der Waals surface area contributed by atoms with Gasteiger partial charge in [0.15, 0.2) is 0 Å². The Kier molecular flexibility index (Phi) is 21.8. The molecule has 0 amide bonds. The molecule has 8 rings (SSSR count). The molecule has 0 radical (unpaired) electrons. The number of hydrogen-bond donors (Lipinski definition) is 7. The van der Waals surface area contributed by atoms with E-state index < -0.39 is 33.5 Å². The van der Waals surface area contributed by atoms with Crippen LogP contribution in [-0.4, -0.2) is 64.6 Å². The van der Waals surface area contributed by atoms with Crippen molar-refractivity contribution >= 4 is 74.0 Å². The van der Waals surface area contributed by atoms with Crippen LogP contribution in [-0.2, 0) is 4.74 Å². The normalized spacial score (nSPS) is 12.0. The number of ether oxygens (including phenoxy) is 1. The van der Waals surface area contributed by atoms with E-state index in [0.717, 1.165) is 31.3 Å². The molecule has 69 heavy (non-hydrogen) atoms. The zero-order valence-electron chi connectivity index (χ0n) is 36.2. The molecule has 0 aliphatic carbocycles. The van der Waals surface area contributed by atoms with Gasteiger partial charge in [0.2, 0.25) is 0 Å². The highest BCUT2D eigenvalue weighted by Gasteiger charge is 2.17. The van der Waals surface area contributed by atoms with Crippen molar-refractivity contribution in [3.05, 3.63) is 181 Å². The first kappa shape index (κ1) is 55.0. The quantitative estimate of drug-likeness (QED) is 0.0499. The molecule has 1 saturated heterocycles. The zero-order chi connectivity index (χ0) is 51.2. The molecule has 0 bridgehead atoms. The van der Waals surface area contributed by atoms with Gasteiger partial charge in [-0.25, -0.2) is 13.2 Å². The van der Waals surface area contributed by atoms with Crippen molar-refractivity contribution < 1.29 is 42.7 Å². The van der Waals surface area contributed by atoms with Gasteiger partial charge in [0.25, 0.3) is 0 Å². The van der Waals surface area contributed by atoms with Gasteiger partial charge < -0.3 is 43.5 Å². The number of anilines is 5. The standard InChI is InChI=1S/C11H8FN3O2.C11H10FN3.C6H6BFO2.C5H4BrN3O2.C5H5N3O2.C5H10O/c12-8-3-1-2-7(4-8)9-5-14-6-10(11(9)13)15(16)17;12-8-3-1-2-7(4-8)9-5-15-6-10(13)11(9)14;8-6-3-1-2-5(4-6)7(9)10;6-3-1-8-2-4(5(3)7)9(10)11;6-4-1-2-7-3-5(4)8(9)10;1-5-3-2-4-6-5/h1-6H,(H2,13,14);1-6H,13H2,(H2,14,15);1-4,9-10H;1-2H,(H2,7,8);1-3H,(H2,6,7);5H,2-4H2,1H3. The van der Waals surface area contributed by atoms with Crippen LogP contribution in [0, 0.1) is 47.8 Å². The van der Waals surface area contributed by atoms with Crippen LogP contribution in [0.2, 0.25) is 0 Å². The van der Waals surface area contributed by atoms with Crippen molar-refractivity contribution in [1.29, 1.82) is 0 Å². The Balaban J connectivity index is 0.000000225. The molecule has 1 atom stereocenters. The first-order valence-corrected chi connectivity index (χ1v) is 20.5. The number of nitro groups is 3. The van der Waals surface area contributed by atoms with Gasteiger partial charge in [-0.2, -0.15) is 0 Å². The predicted molar refractivity (Wildman–Crippen MR) is 258 cm³/mol. The predicted octanol–water partition coefficient (Wildman–Crippen LogP) is 7.03. The molecule has 3 aromatic carbocycles. The molecule has 1 aliphatic rings. The van der Waals surface area contributed by atoms with E-state index in [9.17, 15) is 43.5 Å². The van der Waals surface area contributed by atoms with Gasteiger partial charge >= 0.3 is 24.2 Å². The summed E-state index contributed by atoms with van der Waals surface area (Å²) < 4.78 is 43.9. The van der Waals surface area contributed by atoms with Gasteiger partial charge in [0.1, 0.15) is 53.1 Å². The maximum atomic E-state index is 13.0. The largest absolute Gasteiger partial charge is 0.488 e. The summed E-state index contributed by atoms with van der Waals surface area (Å²) >= 11 is 3.02. The molecule has 0 spiro atoms. The van der Waals surface area contributed by atoms with Crippen molar-refractivity contribution in [2.45, 2.75) is 25.9 Å². The number of nitrogens with two attached hydrogens (primary N) is 5. The fourth-order valence-corrected chi connectivity index (χ4v) is 5.72. The summed E-state index contributed by atoms with van der Waals surface area (Å²) in [6.07, 6.45) is 13.6. The van der Waals surface area contributed by atoms with E-state index in [-0.39, 0.29) is 45.4 Å². The fraction of sp³-hybridized carbons (Fsp3) is 0.116. The average molecular weight is 1020 g/mol. The van der Waals surface area contributed by atoms with Crippen molar-refractivity contribution in [2.24, 2.45) is 0 Å². The highest BCUT2D eigenvalue weighted by atomic mass is 79.9. The second-order valence-corrected chi connectivity index (χ2v) is 14.7. The van der Waals surface area contributed by atoms with E-state index in [1.165, 1.54) is 92.2 Å². The molecule has 4 aromatic heterocycles. The van der Waals surface area contributed by atoms with Crippen molar-refractivity contribution in [1.82, 2.24) is 19.9 Å². The number of rotatable bonds is 6. The highest BCUT2D eigenvalue weighted by Crippen LogP contribution is 2.32. The lowest BCUT2D eigenvalue weighted by Gasteiger charge is -2.07. The summed E-state index contributed by atoms with van der Waals surface area (Å²) in [6.45, 7) is 3.11. The smallest absolute Gasteiger partial charge is 0.423 e. The van der Waals surface area contributed by atoms with Crippen LogP contribution in [0.4, 0.5) is 58.7 Å². The molecule has 0 saturated carbocycles. The number of nitrogen functional groups attached to an aromatic ring is 5. The minimum atomic E-state index is -1.59. The van der Waals surface area contributed by atoms with Crippen LogP contribution in [0.5, 0.6) is 0 Å². The van der Waals surface area contributed by atoms with Crippen LogP contribution in [0.15, 0.2) is 133 Å². The minimum Gasteiger partial charge on any atom is -0.423 e. The monoisotopic (exact) mass is 1020 g/mol. The molecule has 1 unspecified atom stereocenters. The number of pyridine rings is 4. The first-order chi connectivity index (χ1) is 32.7. The van der Waals surface area contributed by atoms with Gasteiger partial charge in [-0.15, -0.1) is 0 Å². The van der Waals surface area contributed by atoms with Crippen molar-refractivity contribution in [3.8, 4) is 22.3 Å². The van der Waals surface area contributed by atoms with Gasteiger partial charge in [-0.3, -0.25) is 50.3 Å². The van der Waals surface area contributed by atoms with E-state index >= 15 is 0 Å². The molecule has 12 N–H and O–H groups in total. The lowest BCUT2D eigenvalue weighted by molar-refractivity contribution is -0.384. The maximum absolute atomic E-state index is 13.0. The van der Waals surface area contributed by atoms with Gasteiger partial charge in [-0.1, -0.05) is 36.4 Å². The lowest BCUT2D eigenvalue weighted by Crippen LogP contribution is -2.29. The molecular formula is C43H43BBrF3N12O9. The zero-order valence-corrected chi connectivity index (χ0v) is 37.8. The Hall–Kier alpha value is -8.33. The summed E-state index contributed by atoms with van der Waals surface area (Å²) in [4.78, 5) is 44.1. The summed E-state index contributed by atoms with van der Waals surface area (Å²) in [7, 11) is -1.59. The Bertz CT molecular complexity index is 2840. The molecule has 26 heteroatoms. The van der Waals surface area contributed by atoms with Crippen LogP contribution in [0.1, 0.15) is 19.8 Å². The number of nitrogens with zero attached hydrogens (tertiary/aromatic N) is 7. The number of aromatic nitrogens is 4. The third-order valence-electron chi connectivity index (χ3n) is 8.90. The molecular weight excluding hydrogens is 976 g/mol. The van der Waals surface area contributed by atoms with E-state index in [1.807, 2.05) is 0 Å². The summed E-state index contributed by atoms with van der Waals surface area (Å²) in [5.74, 6) is -1.21. The maximum Gasteiger partial charge on any atom is 0.488 e. The third-order valence-corrected chi connectivity index (χ3v) is 9.53. The van der Waals surface area contributed by atoms with E-state index in [2.05, 4.69) is 42.8 Å². The minimum absolute atomic E-state index is 0.0180. The van der Waals surface area contributed by atoms with Crippen molar-refractivity contribution in [3.63, 3.8) is 0 Å². The SMILES string of the molecule is CC1CCCO1.Nc1c(-c2cccc(F)c2)cncc1[N+](=O)[O-].Nc1c(Br)cncc1[N+](=O)[O-].Nc1ccncc1[N+](=O)[O-].Nc1cncc(-c2cccc(F)c2)c1N.OB(O)c1cccc(F)c1. The molecule has 7 aromatic rings. The summed E-state index contributed by atoms with van der Waals surface area (Å²) in [5.41, 5.74) is 30.4. The second-order valence-electron chi connectivity index (χ2n) is 13.8. The average Bonchev–Trinajstić information content (AvgIpc) is 3.80. The topological polar surface area (TPSA) is 361 Å². The Morgan fingerprint density at radius 2 is 1.10 bits per heavy atom. The van der Waals surface area contributed by atoms with Crippen LogP contribution in [0.3, 0.4) is 0 Å². The van der Waals surface area contributed by atoms with Crippen LogP contribution in [0.25, 0.3) is 22.3 Å². The number of benzene rings is 3. The van der Waals surface area contributed by atoms with Crippen LogP contribution >= 0.6 is 15.9 Å². The van der Waals surface area contributed by atoms with Gasteiger partial charge in [0, 0.05) is 42.5 Å². The molecule has 360 valence electrons. The molecule has 21 nitrogen and oxygen atoms in total. The van der Waals surface area contributed by atoms with E-state index in [0.29, 0.717) is 44.2 Å². The van der Waals surface area contributed by atoms with Crippen molar-refractivity contribution in [2.75, 3.05) is 35.3 Å². The molecule has 1 aliphatic heterocycles. The number of halogens is 4. The Morgan fingerprint density at radius 3 is 1.51 bits per heavy atom. The fourth-order valence-electron chi connectivity index (χ4n) is 5.40. The Labute approximate surface area is 399 Å². The lowest BCUT2D eigenvalue weighted by atomic mass is 9.80.